The number of carbonyl (C=O) groups excluding carboxylic acids is 1. The first-order valence-electron chi connectivity index (χ1n) is 22.1. The fourth-order valence-corrected chi connectivity index (χ4v) is 15.7. The summed E-state index contributed by atoms with van der Waals surface area (Å²) in [6.07, 6.45) is 6.91. The molecular weight excluding hydrogens is 684 g/mol. The third-order valence-electron chi connectivity index (χ3n) is 18.4. The van der Waals surface area contributed by atoms with E-state index in [9.17, 15) is 30.3 Å². The molecular formula is C45H76O9. The lowest BCUT2D eigenvalue weighted by Crippen LogP contribution is -2.69. The second kappa shape index (κ2) is 15.6. The second-order valence-corrected chi connectivity index (χ2v) is 19.2. The first-order chi connectivity index (χ1) is 25.6. The molecule has 1 aliphatic heterocycles. The summed E-state index contributed by atoms with van der Waals surface area (Å²) in [5.74, 6) is 1.67. The van der Waals surface area contributed by atoms with E-state index < -0.39 is 48.9 Å². The standard InChI is InChI=1S/C45H76O9/c1-10-26(7)36(48)31(47)22-29(11-2)30-17-21-44-25-43(30,44)20-18-33-42(14-5)19-16-27(8)41(12-3,13-4)34(42)23-35(45(33,44)15-6)54-40-39(51)38(50)37(49)32(53-40)24-52-28(9)46/h27,29-40,47-51H,7,10-25H2,1-6,8-9H3. The summed E-state index contributed by atoms with van der Waals surface area (Å²) in [7, 11) is 0. The summed E-state index contributed by atoms with van der Waals surface area (Å²) in [6, 6.07) is 0. The van der Waals surface area contributed by atoms with E-state index in [0.29, 0.717) is 42.1 Å². The van der Waals surface area contributed by atoms with Crippen molar-refractivity contribution in [1.82, 2.24) is 0 Å². The summed E-state index contributed by atoms with van der Waals surface area (Å²) in [4.78, 5) is 11.8. The maximum Gasteiger partial charge on any atom is 0.302 e. The van der Waals surface area contributed by atoms with Gasteiger partial charge in [0.25, 0.3) is 0 Å². The van der Waals surface area contributed by atoms with Crippen molar-refractivity contribution in [2.75, 3.05) is 6.61 Å². The Bertz CT molecular complexity index is 1350. The fraction of sp³-hybridized carbons (Fsp3) is 0.933. The van der Waals surface area contributed by atoms with Crippen LogP contribution in [0.15, 0.2) is 12.2 Å². The predicted octanol–water partition coefficient (Wildman–Crippen LogP) is 7.09. The van der Waals surface area contributed by atoms with Crippen molar-refractivity contribution in [3.8, 4) is 0 Å². The van der Waals surface area contributed by atoms with Crippen molar-refractivity contribution in [2.24, 2.45) is 56.7 Å². The quantitative estimate of drug-likeness (QED) is 0.0671. The van der Waals surface area contributed by atoms with Gasteiger partial charge in [-0.3, -0.25) is 4.79 Å². The van der Waals surface area contributed by atoms with Crippen LogP contribution in [0.5, 0.6) is 0 Å². The first-order valence-corrected chi connectivity index (χ1v) is 22.1. The van der Waals surface area contributed by atoms with Crippen LogP contribution in [0, 0.1) is 56.7 Å². The third kappa shape index (κ3) is 5.96. The molecule has 6 fully saturated rings. The summed E-state index contributed by atoms with van der Waals surface area (Å²) in [6.45, 7) is 21.4. The second-order valence-electron chi connectivity index (χ2n) is 19.2. The van der Waals surface area contributed by atoms with Gasteiger partial charge >= 0.3 is 5.97 Å². The molecule has 9 nitrogen and oxygen atoms in total. The van der Waals surface area contributed by atoms with Crippen LogP contribution in [0.4, 0.5) is 0 Å². The molecule has 5 saturated carbocycles. The molecule has 1 heterocycles. The van der Waals surface area contributed by atoms with Crippen LogP contribution >= 0.6 is 0 Å². The van der Waals surface area contributed by atoms with Crippen LogP contribution in [0.2, 0.25) is 0 Å². The summed E-state index contributed by atoms with van der Waals surface area (Å²) in [5.41, 5.74) is 0.999. The largest absolute Gasteiger partial charge is 0.463 e. The molecule has 310 valence electrons. The van der Waals surface area contributed by atoms with E-state index in [1.54, 1.807) is 0 Å². The molecule has 6 rings (SSSR count). The topological polar surface area (TPSA) is 146 Å². The average molecular weight is 761 g/mol. The van der Waals surface area contributed by atoms with Gasteiger partial charge in [0.2, 0.25) is 0 Å². The van der Waals surface area contributed by atoms with Crippen molar-refractivity contribution in [2.45, 2.75) is 201 Å². The average Bonchev–Trinajstić information content (AvgIpc) is 3.75. The fourth-order valence-electron chi connectivity index (χ4n) is 15.7. The van der Waals surface area contributed by atoms with Crippen LogP contribution < -0.4 is 0 Å². The molecule has 0 aromatic rings. The molecule has 5 N–H and O–H groups in total. The normalized spacial score (nSPS) is 46.6. The number of aliphatic hydroxyl groups excluding tert-OH is 5. The van der Waals surface area contributed by atoms with E-state index >= 15 is 0 Å². The van der Waals surface area contributed by atoms with E-state index in [-0.39, 0.29) is 45.7 Å². The van der Waals surface area contributed by atoms with E-state index in [4.69, 9.17) is 14.2 Å². The van der Waals surface area contributed by atoms with Crippen LogP contribution in [-0.4, -0.2) is 87.1 Å². The van der Waals surface area contributed by atoms with Crippen molar-refractivity contribution >= 4 is 5.97 Å². The Morgan fingerprint density at radius 3 is 2.19 bits per heavy atom. The summed E-state index contributed by atoms with van der Waals surface area (Å²) < 4.78 is 18.9. The number of fused-ring (bicyclic) bond motifs is 3. The van der Waals surface area contributed by atoms with Crippen LogP contribution in [0.1, 0.15) is 152 Å². The minimum atomic E-state index is -1.51. The van der Waals surface area contributed by atoms with Gasteiger partial charge < -0.3 is 39.7 Å². The minimum absolute atomic E-state index is 0.0448. The molecule has 54 heavy (non-hydrogen) atoms. The lowest BCUT2D eigenvalue weighted by atomic mass is 9.34. The number of hydrogen-bond donors (Lipinski definition) is 5. The molecule has 0 bridgehead atoms. The van der Waals surface area contributed by atoms with Gasteiger partial charge in [-0.2, -0.15) is 0 Å². The van der Waals surface area contributed by atoms with E-state index in [1.165, 1.54) is 26.2 Å². The summed E-state index contributed by atoms with van der Waals surface area (Å²) >= 11 is 0. The highest BCUT2D eigenvalue weighted by molar-refractivity contribution is 5.65. The zero-order valence-corrected chi connectivity index (χ0v) is 34.9. The highest BCUT2D eigenvalue weighted by Crippen LogP contribution is 2.92. The molecule has 0 amide bonds. The van der Waals surface area contributed by atoms with E-state index in [0.717, 1.165) is 64.2 Å². The minimum Gasteiger partial charge on any atom is -0.463 e. The number of rotatable bonds is 15. The van der Waals surface area contributed by atoms with Gasteiger partial charge in [-0.15, -0.1) is 0 Å². The maximum absolute atomic E-state index is 11.8. The van der Waals surface area contributed by atoms with E-state index in [1.807, 2.05) is 6.92 Å². The molecule has 0 radical (unpaired) electrons. The van der Waals surface area contributed by atoms with Crippen LogP contribution in [0.3, 0.4) is 0 Å². The van der Waals surface area contributed by atoms with Crippen LogP contribution in [0.25, 0.3) is 0 Å². The lowest BCUT2D eigenvalue weighted by molar-refractivity contribution is -0.348. The SMILES string of the molecule is C=C(CC)C(O)C(O)CC(CC)C1CCC23CC12CCC1C2(CC)CCC(C)C(CC)(CC)C2CC(OC2OC(COC(C)=O)C(O)C(O)C2O)C13CC. The van der Waals surface area contributed by atoms with Gasteiger partial charge in [0.1, 0.15) is 37.1 Å². The molecule has 9 heteroatoms. The van der Waals surface area contributed by atoms with Gasteiger partial charge in [-0.1, -0.05) is 61.5 Å². The number of esters is 1. The zero-order chi connectivity index (χ0) is 39.6. The Kier molecular flexibility index (Phi) is 12.3. The van der Waals surface area contributed by atoms with Crippen molar-refractivity contribution < 1.29 is 44.5 Å². The number of carbonyl (C=O) groups is 1. The van der Waals surface area contributed by atoms with E-state index in [2.05, 4.69) is 48.1 Å². The van der Waals surface area contributed by atoms with Gasteiger partial charge in [-0.05, 0) is 147 Å². The monoisotopic (exact) mass is 761 g/mol. The number of ether oxygens (including phenoxy) is 3. The van der Waals surface area contributed by atoms with Crippen LogP contribution in [-0.2, 0) is 19.0 Å². The Labute approximate surface area is 326 Å². The van der Waals surface area contributed by atoms with Crippen molar-refractivity contribution in [3.05, 3.63) is 12.2 Å². The zero-order valence-electron chi connectivity index (χ0n) is 34.9. The Hall–Kier alpha value is -1.07. The smallest absolute Gasteiger partial charge is 0.302 e. The molecule has 5 aliphatic carbocycles. The first kappa shape index (κ1) is 42.5. The Morgan fingerprint density at radius 2 is 1.59 bits per heavy atom. The molecule has 0 spiro atoms. The van der Waals surface area contributed by atoms with Gasteiger partial charge in [-0.25, -0.2) is 0 Å². The number of aliphatic hydroxyl groups is 5. The molecule has 6 aliphatic rings. The van der Waals surface area contributed by atoms with Crippen molar-refractivity contribution in [3.63, 3.8) is 0 Å². The van der Waals surface area contributed by atoms with Gasteiger partial charge in [0, 0.05) is 12.3 Å². The maximum atomic E-state index is 11.8. The predicted molar refractivity (Wildman–Crippen MR) is 208 cm³/mol. The highest BCUT2D eigenvalue weighted by atomic mass is 16.7. The van der Waals surface area contributed by atoms with Crippen molar-refractivity contribution in [1.29, 1.82) is 0 Å². The molecule has 17 atom stereocenters. The Balaban J connectivity index is 1.43. The molecule has 1 saturated heterocycles. The molecule has 0 aromatic carbocycles. The Morgan fingerprint density at radius 1 is 0.889 bits per heavy atom. The number of hydrogen-bond acceptors (Lipinski definition) is 9. The molecule has 17 unspecified atom stereocenters. The van der Waals surface area contributed by atoms with Gasteiger partial charge in [0.15, 0.2) is 6.29 Å². The van der Waals surface area contributed by atoms with Gasteiger partial charge in [0.05, 0.1) is 12.2 Å². The lowest BCUT2D eigenvalue weighted by Gasteiger charge is -2.72. The summed E-state index contributed by atoms with van der Waals surface area (Å²) in [5, 5.41) is 55.8. The molecule has 0 aromatic heterocycles. The third-order valence-corrected chi connectivity index (χ3v) is 18.4. The highest BCUT2D eigenvalue weighted by Gasteiger charge is 2.86.